The molecule has 3 rings (SSSR count). The second-order valence-corrected chi connectivity index (χ2v) is 11.2. The van der Waals surface area contributed by atoms with Crippen molar-refractivity contribution < 1.29 is 16.8 Å². The molecule has 152 valence electrons. The van der Waals surface area contributed by atoms with Crippen molar-refractivity contribution in [1.82, 2.24) is 14.3 Å². The highest BCUT2D eigenvalue weighted by molar-refractivity contribution is 7.90. The van der Waals surface area contributed by atoms with Crippen LogP contribution in [-0.2, 0) is 20.0 Å². The lowest BCUT2D eigenvalue weighted by Gasteiger charge is -2.29. The fourth-order valence-corrected chi connectivity index (χ4v) is 5.74. The van der Waals surface area contributed by atoms with Crippen LogP contribution in [0.4, 0.5) is 0 Å². The molecule has 1 aliphatic heterocycles. The van der Waals surface area contributed by atoms with Crippen LogP contribution in [0.3, 0.4) is 0 Å². The van der Waals surface area contributed by atoms with E-state index in [0.29, 0.717) is 6.54 Å². The molecule has 1 atom stereocenters. The molecule has 1 aliphatic carbocycles. The van der Waals surface area contributed by atoms with Gasteiger partial charge in [0.05, 0.1) is 9.79 Å². The second kappa shape index (κ2) is 8.57. The summed E-state index contributed by atoms with van der Waals surface area (Å²) in [4.78, 5) is 2.56. The van der Waals surface area contributed by atoms with Crippen molar-refractivity contribution in [1.29, 1.82) is 0 Å². The summed E-state index contributed by atoms with van der Waals surface area (Å²) in [6.07, 6.45) is 5.41. The van der Waals surface area contributed by atoms with E-state index in [1.54, 1.807) is 0 Å². The molecule has 1 saturated carbocycles. The maximum absolute atomic E-state index is 12.5. The van der Waals surface area contributed by atoms with Crippen LogP contribution >= 0.6 is 0 Å². The molecular weight excluding hydrogens is 386 g/mol. The van der Waals surface area contributed by atoms with E-state index in [2.05, 4.69) is 14.3 Å². The molecule has 2 fully saturated rings. The first-order valence-electron chi connectivity index (χ1n) is 9.61. The van der Waals surface area contributed by atoms with Crippen LogP contribution in [0.2, 0.25) is 0 Å². The fourth-order valence-electron chi connectivity index (χ4n) is 3.27. The number of nitrogens with one attached hydrogen (secondary N) is 2. The number of hydrogen-bond acceptors (Lipinski definition) is 5. The van der Waals surface area contributed by atoms with E-state index in [1.165, 1.54) is 43.5 Å². The molecule has 0 spiro atoms. The van der Waals surface area contributed by atoms with Gasteiger partial charge in [0.15, 0.2) is 0 Å². The van der Waals surface area contributed by atoms with Crippen LogP contribution in [0.25, 0.3) is 0 Å². The maximum Gasteiger partial charge on any atom is 0.240 e. The predicted octanol–water partition coefficient (Wildman–Crippen LogP) is 1.53. The van der Waals surface area contributed by atoms with Gasteiger partial charge in [0.25, 0.3) is 0 Å². The van der Waals surface area contributed by atoms with Gasteiger partial charge < -0.3 is 4.90 Å². The number of nitrogens with zero attached hydrogens (tertiary/aromatic N) is 1. The average molecular weight is 416 g/mol. The minimum absolute atomic E-state index is 0.0152. The molecule has 1 heterocycles. The van der Waals surface area contributed by atoms with E-state index in [0.717, 1.165) is 32.5 Å². The Morgan fingerprint density at radius 1 is 0.963 bits per heavy atom. The van der Waals surface area contributed by atoms with Crippen LogP contribution in [-0.4, -0.2) is 54.0 Å². The second-order valence-electron chi connectivity index (χ2n) is 7.69. The third-order valence-electron chi connectivity index (χ3n) is 4.98. The van der Waals surface area contributed by atoms with Crippen molar-refractivity contribution in [2.75, 3.05) is 26.2 Å². The molecule has 1 aromatic carbocycles. The van der Waals surface area contributed by atoms with Gasteiger partial charge in [-0.1, -0.05) is 13.3 Å². The van der Waals surface area contributed by atoms with E-state index in [4.69, 9.17) is 0 Å². The van der Waals surface area contributed by atoms with E-state index < -0.39 is 20.0 Å². The highest BCUT2D eigenvalue weighted by Gasteiger charge is 2.28. The Bertz CT molecular complexity index is 828. The van der Waals surface area contributed by atoms with Gasteiger partial charge in [-0.15, -0.1) is 0 Å². The summed E-state index contributed by atoms with van der Waals surface area (Å²) in [5.74, 6) is 0.209. The molecule has 27 heavy (non-hydrogen) atoms. The summed E-state index contributed by atoms with van der Waals surface area (Å²) >= 11 is 0. The fraction of sp³-hybridized carbons (Fsp3) is 0.667. The topological polar surface area (TPSA) is 95.6 Å². The zero-order valence-electron chi connectivity index (χ0n) is 15.7. The van der Waals surface area contributed by atoms with Gasteiger partial charge in [-0.05, 0) is 69.0 Å². The first-order chi connectivity index (χ1) is 12.8. The lowest BCUT2D eigenvalue weighted by Crippen LogP contribution is -2.38. The van der Waals surface area contributed by atoms with Crippen molar-refractivity contribution in [3.63, 3.8) is 0 Å². The normalized spacial score (nSPS) is 20.5. The Balaban J connectivity index is 1.55. The van der Waals surface area contributed by atoms with E-state index >= 15 is 0 Å². The first-order valence-corrected chi connectivity index (χ1v) is 12.6. The van der Waals surface area contributed by atoms with Crippen LogP contribution in [0.15, 0.2) is 34.1 Å². The van der Waals surface area contributed by atoms with Gasteiger partial charge in [-0.3, -0.25) is 0 Å². The van der Waals surface area contributed by atoms with Crippen molar-refractivity contribution in [3.8, 4) is 0 Å². The summed E-state index contributed by atoms with van der Waals surface area (Å²) < 4.78 is 54.5. The molecular formula is C18H29N3O4S2. The van der Waals surface area contributed by atoms with Crippen molar-refractivity contribution in [2.24, 2.45) is 5.92 Å². The van der Waals surface area contributed by atoms with E-state index in [1.807, 2.05) is 6.92 Å². The smallest absolute Gasteiger partial charge is 0.240 e. The molecule has 2 aliphatic rings. The minimum atomic E-state index is -3.65. The van der Waals surface area contributed by atoms with Crippen molar-refractivity contribution in [3.05, 3.63) is 24.3 Å². The quantitative estimate of drug-likeness (QED) is 0.638. The molecule has 9 heteroatoms. The number of hydrogen-bond donors (Lipinski definition) is 2. The Kier molecular flexibility index (Phi) is 6.58. The maximum atomic E-state index is 12.5. The van der Waals surface area contributed by atoms with Crippen molar-refractivity contribution in [2.45, 2.75) is 54.9 Å². The van der Waals surface area contributed by atoms with E-state index in [9.17, 15) is 16.8 Å². The Morgan fingerprint density at radius 3 is 2.07 bits per heavy atom. The number of piperidine rings is 1. The number of rotatable bonds is 9. The molecule has 7 nitrogen and oxygen atoms in total. The molecule has 0 amide bonds. The monoisotopic (exact) mass is 415 g/mol. The number of likely N-dealkylation sites (tertiary alicyclic amines) is 1. The Hall–Kier alpha value is -1.00. The molecule has 1 unspecified atom stereocenters. The zero-order valence-corrected chi connectivity index (χ0v) is 17.4. The highest BCUT2D eigenvalue weighted by Crippen LogP contribution is 2.22. The Labute approximate surface area is 162 Å². The average Bonchev–Trinajstić information content (AvgIpc) is 3.44. The van der Waals surface area contributed by atoms with Gasteiger partial charge in [-0.2, -0.15) is 0 Å². The minimum Gasteiger partial charge on any atom is -0.303 e. The highest BCUT2D eigenvalue weighted by atomic mass is 32.2. The number of benzene rings is 1. The first kappa shape index (κ1) is 20.7. The lowest BCUT2D eigenvalue weighted by atomic mass is 10.1. The molecule has 0 aromatic heterocycles. The van der Waals surface area contributed by atoms with Gasteiger partial charge in [0.1, 0.15) is 0 Å². The van der Waals surface area contributed by atoms with Gasteiger partial charge >= 0.3 is 0 Å². The van der Waals surface area contributed by atoms with E-state index in [-0.39, 0.29) is 21.8 Å². The molecule has 0 radical (unpaired) electrons. The lowest BCUT2D eigenvalue weighted by molar-refractivity contribution is 0.201. The molecule has 0 bridgehead atoms. The van der Waals surface area contributed by atoms with Gasteiger partial charge in [-0.25, -0.2) is 26.3 Å². The zero-order chi connectivity index (χ0) is 19.5. The largest absolute Gasteiger partial charge is 0.303 e. The van der Waals surface area contributed by atoms with Crippen molar-refractivity contribution >= 4 is 20.0 Å². The molecule has 2 N–H and O–H groups in total. The third kappa shape index (κ3) is 5.99. The molecule has 1 aromatic rings. The summed E-state index contributed by atoms with van der Waals surface area (Å²) in [5, 5.41) is 0. The van der Waals surface area contributed by atoms with Crippen LogP contribution in [0, 0.1) is 5.92 Å². The van der Waals surface area contributed by atoms with Crippen LogP contribution in [0.1, 0.15) is 39.0 Å². The summed E-state index contributed by atoms with van der Waals surface area (Å²) in [5.41, 5.74) is 0. The predicted molar refractivity (Wildman–Crippen MR) is 104 cm³/mol. The third-order valence-corrected chi connectivity index (χ3v) is 7.96. The SMILES string of the molecule is CC(CNS(=O)(=O)c1ccc(S(=O)(=O)NC2CC2)cc1)CN1CCCCC1. The van der Waals surface area contributed by atoms with Gasteiger partial charge in [0.2, 0.25) is 20.0 Å². The summed E-state index contributed by atoms with van der Waals surface area (Å²) in [6.45, 7) is 5.45. The summed E-state index contributed by atoms with van der Waals surface area (Å²) in [7, 11) is -7.23. The summed E-state index contributed by atoms with van der Waals surface area (Å²) in [6, 6.07) is 5.40. The Morgan fingerprint density at radius 2 is 1.52 bits per heavy atom. The van der Waals surface area contributed by atoms with Crippen LogP contribution < -0.4 is 9.44 Å². The number of sulfonamides is 2. The van der Waals surface area contributed by atoms with Crippen LogP contribution in [0.5, 0.6) is 0 Å². The van der Waals surface area contributed by atoms with Gasteiger partial charge in [0, 0.05) is 19.1 Å². The standard InChI is InChI=1S/C18H29N3O4S2/c1-15(14-21-11-3-2-4-12-21)13-19-26(22,23)17-7-9-18(10-8-17)27(24,25)20-16-5-6-16/h7-10,15-16,19-20H,2-6,11-14H2,1H3. The molecule has 1 saturated heterocycles.